The van der Waals surface area contributed by atoms with E-state index < -0.39 is 0 Å². The lowest BCUT2D eigenvalue weighted by atomic mass is 9.76. The van der Waals surface area contributed by atoms with Gasteiger partial charge in [-0.1, -0.05) is 6.07 Å². The average Bonchev–Trinajstić information content (AvgIpc) is 3.18. The zero-order chi connectivity index (χ0) is 16.4. The summed E-state index contributed by atoms with van der Waals surface area (Å²) in [6.07, 6.45) is 10.7. The topological polar surface area (TPSA) is 43.2 Å². The minimum atomic E-state index is 0.334. The number of aryl methyl sites for hydroxylation is 1. The van der Waals surface area contributed by atoms with Crippen LogP contribution in [0, 0.1) is 5.41 Å². The Morgan fingerprint density at radius 2 is 2.08 bits per heavy atom. The van der Waals surface area contributed by atoms with E-state index in [2.05, 4.69) is 38.6 Å². The van der Waals surface area contributed by atoms with E-state index in [1.807, 2.05) is 24.7 Å². The van der Waals surface area contributed by atoms with Crippen LogP contribution in [0.4, 0.5) is 0 Å². The van der Waals surface area contributed by atoms with Crippen LogP contribution in [0.3, 0.4) is 0 Å². The van der Waals surface area contributed by atoms with Gasteiger partial charge in [0, 0.05) is 37.8 Å². The summed E-state index contributed by atoms with van der Waals surface area (Å²) < 4.78 is 8.25. The van der Waals surface area contributed by atoms with E-state index in [-0.39, 0.29) is 0 Å². The highest BCUT2D eigenvalue weighted by Gasteiger charge is 2.42. The molecule has 0 aromatic carbocycles. The average molecular weight is 326 g/mol. The van der Waals surface area contributed by atoms with Crippen LogP contribution in [-0.2, 0) is 24.8 Å². The van der Waals surface area contributed by atoms with Crippen molar-refractivity contribution in [2.24, 2.45) is 12.5 Å². The Bertz CT molecular complexity index is 661. The molecule has 0 radical (unpaired) electrons. The van der Waals surface area contributed by atoms with Gasteiger partial charge in [0.1, 0.15) is 5.82 Å². The van der Waals surface area contributed by atoms with E-state index in [1.54, 1.807) is 0 Å². The first-order valence-electron chi connectivity index (χ1n) is 8.93. The first-order chi connectivity index (χ1) is 11.7. The molecule has 0 saturated carbocycles. The SMILES string of the molecule is Cn1ccnc1CN1CCC2(CC1)CO[C@H](Cc1ccccn1)C2. The maximum atomic E-state index is 6.14. The van der Waals surface area contributed by atoms with Gasteiger partial charge in [0.05, 0.1) is 19.3 Å². The maximum absolute atomic E-state index is 6.14. The van der Waals surface area contributed by atoms with Crippen molar-refractivity contribution in [3.63, 3.8) is 0 Å². The molecule has 24 heavy (non-hydrogen) atoms. The standard InChI is InChI=1S/C19H26N4O/c1-22-11-8-21-18(22)14-23-9-5-19(6-10-23)13-17(24-15-19)12-16-4-2-3-7-20-16/h2-4,7-8,11,17H,5-6,9-10,12-15H2,1H3/t17-/m1/s1. The van der Waals surface area contributed by atoms with Crippen molar-refractivity contribution in [3.8, 4) is 0 Å². The lowest BCUT2D eigenvalue weighted by Crippen LogP contribution is -2.40. The molecule has 0 N–H and O–H groups in total. The molecule has 2 aromatic heterocycles. The molecule has 0 unspecified atom stereocenters. The molecule has 0 amide bonds. The molecule has 2 saturated heterocycles. The third-order valence-corrected chi connectivity index (χ3v) is 5.65. The quantitative estimate of drug-likeness (QED) is 0.865. The molecule has 2 aliphatic heterocycles. The second-order valence-corrected chi connectivity index (χ2v) is 7.39. The summed E-state index contributed by atoms with van der Waals surface area (Å²) in [5.74, 6) is 1.15. The second kappa shape index (κ2) is 6.65. The number of aromatic nitrogens is 3. The summed E-state index contributed by atoms with van der Waals surface area (Å²) in [6.45, 7) is 4.16. The maximum Gasteiger partial charge on any atom is 0.122 e. The minimum Gasteiger partial charge on any atom is -0.377 e. The van der Waals surface area contributed by atoms with Gasteiger partial charge >= 0.3 is 0 Å². The van der Waals surface area contributed by atoms with Crippen LogP contribution >= 0.6 is 0 Å². The van der Waals surface area contributed by atoms with Gasteiger partial charge in [0.25, 0.3) is 0 Å². The zero-order valence-corrected chi connectivity index (χ0v) is 14.4. The number of piperidine rings is 1. The van der Waals surface area contributed by atoms with Crippen LogP contribution in [0.1, 0.15) is 30.8 Å². The summed E-state index contributed by atoms with van der Waals surface area (Å²) >= 11 is 0. The van der Waals surface area contributed by atoms with Crippen molar-refractivity contribution in [2.75, 3.05) is 19.7 Å². The van der Waals surface area contributed by atoms with E-state index in [1.165, 1.54) is 19.3 Å². The summed E-state index contributed by atoms with van der Waals surface area (Å²) in [7, 11) is 2.07. The number of likely N-dealkylation sites (tertiary alicyclic amines) is 1. The molecule has 128 valence electrons. The van der Waals surface area contributed by atoms with Crippen molar-refractivity contribution in [1.82, 2.24) is 19.4 Å². The normalized spacial score (nSPS) is 23.8. The van der Waals surface area contributed by atoms with Crippen LogP contribution in [-0.4, -0.2) is 45.2 Å². The van der Waals surface area contributed by atoms with Crippen LogP contribution in [0.5, 0.6) is 0 Å². The molecular weight excluding hydrogens is 300 g/mol. The number of hydrogen-bond acceptors (Lipinski definition) is 4. The number of rotatable bonds is 4. The zero-order valence-electron chi connectivity index (χ0n) is 14.4. The van der Waals surface area contributed by atoms with Crippen molar-refractivity contribution in [3.05, 3.63) is 48.3 Å². The van der Waals surface area contributed by atoms with Gasteiger partial charge in [-0.2, -0.15) is 0 Å². The highest BCUT2D eigenvalue weighted by molar-refractivity contribution is 5.06. The Morgan fingerprint density at radius 1 is 1.21 bits per heavy atom. The van der Waals surface area contributed by atoms with Crippen molar-refractivity contribution < 1.29 is 4.74 Å². The van der Waals surface area contributed by atoms with Crippen LogP contribution < -0.4 is 0 Å². The fraction of sp³-hybridized carbons (Fsp3) is 0.579. The van der Waals surface area contributed by atoms with Crippen LogP contribution in [0.15, 0.2) is 36.8 Å². The summed E-state index contributed by atoms with van der Waals surface area (Å²) in [5.41, 5.74) is 1.53. The van der Waals surface area contributed by atoms with Crippen LogP contribution in [0.2, 0.25) is 0 Å². The molecule has 1 atom stereocenters. The Balaban J connectivity index is 1.30. The number of nitrogens with zero attached hydrogens (tertiary/aromatic N) is 4. The predicted octanol–water partition coefficient (Wildman–Crippen LogP) is 2.43. The number of ether oxygens (including phenoxy) is 1. The monoisotopic (exact) mass is 326 g/mol. The third kappa shape index (κ3) is 3.37. The molecule has 4 heterocycles. The summed E-state index contributed by atoms with van der Waals surface area (Å²) in [5, 5.41) is 0. The highest BCUT2D eigenvalue weighted by atomic mass is 16.5. The number of imidazole rings is 1. The predicted molar refractivity (Wildman–Crippen MR) is 92.5 cm³/mol. The number of pyridine rings is 1. The first-order valence-corrected chi connectivity index (χ1v) is 8.93. The Kier molecular flexibility index (Phi) is 4.37. The summed E-state index contributed by atoms with van der Waals surface area (Å²) in [6, 6.07) is 6.13. The van der Waals surface area contributed by atoms with E-state index in [0.717, 1.165) is 44.2 Å². The lowest BCUT2D eigenvalue weighted by Gasteiger charge is -2.38. The van der Waals surface area contributed by atoms with Gasteiger partial charge in [0.2, 0.25) is 0 Å². The molecule has 2 fully saturated rings. The Hall–Kier alpha value is -1.72. The molecule has 2 aromatic rings. The minimum absolute atomic E-state index is 0.334. The van der Waals surface area contributed by atoms with Crippen molar-refractivity contribution >= 4 is 0 Å². The van der Waals surface area contributed by atoms with Crippen LogP contribution in [0.25, 0.3) is 0 Å². The fourth-order valence-electron chi connectivity index (χ4n) is 4.06. The largest absolute Gasteiger partial charge is 0.377 e. The molecular formula is C19H26N4O. The summed E-state index contributed by atoms with van der Waals surface area (Å²) in [4.78, 5) is 11.4. The highest BCUT2D eigenvalue weighted by Crippen LogP contribution is 2.42. The molecule has 0 bridgehead atoms. The molecule has 2 aliphatic rings. The molecule has 0 aliphatic carbocycles. The van der Waals surface area contributed by atoms with Gasteiger partial charge in [0.15, 0.2) is 0 Å². The smallest absolute Gasteiger partial charge is 0.122 e. The first kappa shape index (κ1) is 15.8. The molecule has 5 nitrogen and oxygen atoms in total. The van der Waals surface area contributed by atoms with E-state index in [0.29, 0.717) is 11.5 Å². The second-order valence-electron chi connectivity index (χ2n) is 7.39. The third-order valence-electron chi connectivity index (χ3n) is 5.65. The fourth-order valence-corrected chi connectivity index (χ4v) is 4.06. The van der Waals surface area contributed by atoms with Gasteiger partial charge in [-0.25, -0.2) is 4.98 Å². The van der Waals surface area contributed by atoms with E-state index in [4.69, 9.17) is 4.74 Å². The Morgan fingerprint density at radius 3 is 2.79 bits per heavy atom. The molecule has 4 rings (SSSR count). The van der Waals surface area contributed by atoms with Gasteiger partial charge < -0.3 is 9.30 Å². The molecule has 1 spiro atoms. The molecule has 5 heteroatoms. The van der Waals surface area contributed by atoms with Crippen molar-refractivity contribution in [1.29, 1.82) is 0 Å². The Labute approximate surface area is 143 Å². The number of hydrogen-bond donors (Lipinski definition) is 0. The van der Waals surface area contributed by atoms with Gasteiger partial charge in [-0.15, -0.1) is 0 Å². The lowest BCUT2D eigenvalue weighted by molar-refractivity contribution is 0.0620. The van der Waals surface area contributed by atoms with Crippen molar-refractivity contribution in [2.45, 2.75) is 38.3 Å². The van der Waals surface area contributed by atoms with E-state index >= 15 is 0 Å². The van der Waals surface area contributed by atoms with Gasteiger partial charge in [-0.3, -0.25) is 9.88 Å². The van der Waals surface area contributed by atoms with Gasteiger partial charge in [-0.05, 0) is 49.9 Å². The van der Waals surface area contributed by atoms with E-state index in [9.17, 15) is 0 Å².